The van der Waals surface area contributed by atoms with E-state index in [0.29, 0.717) is 6.07 Å². The molecule has 0 spiro atoms. The molecule has 0 unspecified atom stereocenters. The zero-order valence-electron chi connectivity index (χ0n) is 7.78. The van der Waals surface area contributed by atoms with E-state index in [1.165, 1.54) is 6.92 Å². The highest BCUT2D eigenvalue weighted by Crippen LogP contribution is 2.33. The first-order valence-electron chi connectivity index (χ1n) is 3.91. The molecule has 0 amide bonds. The molecule has 0 N–H and O–H groups in total. The summed E-state index contributed by atoms with van der Waals surface area (Å²) < 4.78 is 63.7. The summed E-state index contributed by atoms with van der Waals surface area (Å²) in [5, 5.41) is 0. The van der Waals surface area contributed by atoms with Gasteiger partial charge in [-0.1, -0.05) is 0 Å². The number of aromatic nitrogens is 1. The summed E-state index contributed by atoms with van der Waals surface area (Å²) in [6, 6.07) is 0.616. The van der Waals surface area contributed by atoms with Crippen molar-refractivity contribution in [2.24, 2.45) is 0 Å². The lowest BCUT2D eigenvalue weighted by Crippen LogP contribution is -2.18. The lowest BCUT2D eigenvalue weighted by atomic mass is 10.2. The van der Waals surface area contributed by atoms with E-state index in [2.05, 4.69) is 25.7 Å². The predicted molar refractivity (Wildman–Crippen MR) is 48.3 cm³/mol. The zero-order chi connectivity index (χ0) is 12.5. The van der Waals surface area contributed by atoms with E-state index in [0.717, 1.165) is 0 Å². The van der Waals surface area contributed by atoms with Crippen molar-refractivity contribution in [3.8, 4) is 5.75 Å². The number of alkyl halides is 5. The van der Waals surface area contributed by atoms with Crippen LogP contribution in [0.25, 0.3) is 0 Å². The Hall–Kier alpha value is -0.920. The number of halogens is 6. The van der Waals surface area contributed by atoms with Crippen LogP contribution in [-0.4, -0.2) is 11.3 Å². The Morgan fingerprint density at radius 1 is 1.38 bits per heavy atom. The molecule has 0 radical (unpaired) electrons. The van der Waals surface area contributed by atoms with Crippen LogP contribution < -0.4 is 4.74 Å². The zero-order valence-corrected chi connectivity index (χ0v) is 9.36. The average Bonchev–Trinajstić information content (AvgIpc) is 2.07. The van der Waals surface area contributed by atoms with Crippen molar-refractivity contribution in [3.63, 3.8) is 0 Å². The minimum Gasteiger partial charge on any atom is -0.403 e. The Balaban J connectivity index is 3.15. The van der Waals surface area contributed by atoms with E-state index in [9.17, 15) is 22.0 Å². The van der Waals surface area contributed by atoms with Crippen molar-refractivity contribution in [2.45, 2.75) is 19.7 Å². The molecule has 1 aromatic heterocycles. The molecule has 0 fully saturated rings. The maximum Gasteiger partial charge on any atom is 0.573 e. The monoisotopic (exact) mass is 305 g/mol. The molecular formula is C8H5BrF5NO. The molecule has 0 aliphatic carbocycles. The highest BCUT2D eigenvalue weighted by molar-refractivity contribution is 9.10. The molecule has 90 valence electrons. The first-order valence-corrected chi connectivity index (χ1v) is 4.71. The lowest BCUT2D eigenvalue weighted by molar-refractivity contribution is -0.275. The molecule has 1 heterocycles. The van der Waals surface area contributed by atoms with Crippen LogP contribution in [0.4, 0.5) is 22.0 Å². The fourth-order valence-electron chi connectivity index (χ4n) is 0.989. The molecule has 1 rings (SSSR count). The maximum atomic E-state index is 12.4. The van der Waals surface area contributed by atoms with E-state index in [1.807, 2.05) is 0 Å². The van der Waals surface area contributed by atoms with Gasteiger partial charge in [-0.15, -0.1) is 13.2 Å². The van der Waals surface area contributed by atoms with Gasteiger partial charge in [0.2, 0.25) is 0 Å². The Morgan fingerprint density at radius 3 is 2.38 bits per heavy atom. The molecule has 0 aliphatic heterocycles. The maximum absolute atomic E-state index is 12.4. The fraction of sp³-hybridized carbons (Fsp3) is 0.375. The van der Waals surface area contributed by atoms with E-state index < -0.39 is 24.1 Å². The number of rotatable bonds is 2. The molecule has 0 aromatic carbocycles. The average molecular weight is 306 g/mol. The minimum atomic E-state index is -4.95. The standard InChI is InChI=1S/C8H5BrF5NO/c1-3-4(7(10)11)2-5(6(9)15-3)16-8(12,13)14/h2,7H,1H3. The second-order valence-electron chi connectivity index (χ2n) is 2.80. The third-order valence-electron chi connectivity index (χ3n) is 1.63. The second-order valence-corrected chi connectivity index (χ2v) is 3.55. The SMILES string of the molecule is Cc1nc(Br)c(OC(F)(F)F)cc1C(F)F. The van der Waals surface area contributed by atoms with Gasteiger partial charge in [0.05, 0.1) is 0 Å². The van der Waals surface area contributed by atoms with Gasteiger partial charge >= 0.3 is 6.36 Å². The quantitative estimate of drug-likeness (QED) is 0.609. The summed E-state index contributed by atoms with van der Waals surface area (Å²) in [6.45, 7) is 1.27. The van der Waals surface area contributed by atoms with Crippen LogP contribution in [0.3, 0.4) is 0 Å². The van der Waals surface area contributed by atoms with Crippen molar-refractivity contribution in [1.29, 1.82) is 0 Å². The van der Waals surface area contributed by atoms with Gasteiger partial charge in [-0.05, 0) is 28.9 Å². The molecule has 8 heteroatoms. The van der Waals surface area contributed by atoms with E-state index in [1.54, 1.807) is 0 Å². The Morgan fingerprint density at radius 2 is 1.94 bits per heavy atom. The van der Waals surface area contributed by atoms with Gasteiger partial charge in [0.15, 0.2) is 5.75 Å². The summed E-state index contributed by atoms with van der Waals surface area (Å²) in [5.74, 6) is -0.784. The van der Waals surface area contributed by atoms with Gasteiger partial charge in [-0.3, -0.25) is 0 Å². The molecule has 16 heavy (non-hydrogen) atoms. The highest BCUT2D eigenvalue weighted by Gasteiger charge is 2.33. The number of pyridine rings is 1. The molecule has 0 saturated heterocycles. The Labute approximate surface area is 95.6 Å². The van der Waals surface area contributed by atoms with Crippen LogP contribution in [0.5, 0.6) is 5.75 Å². The number of hydrogen-bond donors (Lipinski definition) is 0. The van der Waals surface area contributed by atoms with Gasteiger partial charge in [-0.2, -0.15) is 0 Å². The summed E-state index contributed by atoms with van der Waals surface area (Å²) >= 11 is 2.70. The largest absolute Gasteiger partial charge is 0.573 e. The van der Waals surface area contributed by atoms with Crippen LogP contribution in [0.15, 0.2) is 10.7 Å². The summed E-state index contributed by atoms with van der Waals surface area (Å²) in [4.78, 5) is 3.49. The summed E-state index contributed by atoms with van der Waals surface area (Å²) in [7, 11) is 0. The lowest BCUT2D eigenvalue weighted by Gasteiger charge is -2.12. The van der Waals surface area contributed by atoms with Crippen molar-refractivity contribution in [1.82, 2.24) is 4.98 Å². The van der Waals surface area contributed by atoms with Gasteiger partial charge in [0, 0.05) is 11.3 Å². The van der Waals surface area contributed by atoms with Crippen LogP contribution >= 0.6 is 15.9 Å². The molecule has 2 nitrogen and oxygen atoms in total. The molecule has 0 bridgehead atoms. The van der Waals surface area contributed by atoms with Crippen LogP contribution in [0, 0.1) is 6.92 Å². The number of hydrogen-bond acceptors (Lipinski definition) is 2. The topological polar surface area (TPSA) is 22.1 Å². The molecular weight excluding hydrogens is 301 g/mol. The van der Waals surface area contributed by atoms with E-state index >= 15 is 0 Å². The highest BCUT2D eigenvalue weighted by atomic mass is 79.9. The van der Waals surface area contributed by atoms with Gasteiger partial charge in [0.25, 0.3) is 6.43 Å². The van der Waals surface area contributed by atoms with Crippen molar-refractivity contribution < 1.29 is 26.7 Å². The smallest absolute Gasteiger partial charge is 0.403 e. The molecule has 0 saturated carbocycles. The third-order valence-corrected chi connectivity index (χ3v) is 2.20. The first-order chi connectivity index (χ1) is 7.20. The fourth-order valence-corrected chi connectivity index (χ4v) is 1.45. The van der Waals surface area contributed by atoms with E-state index in [-0.39, 0.29) is 10.3 Å². The molecule has 0 atom stereocenters. The molecule has 1 aromatic rings. The van der Waals surface area contributed by atoms with Gasteiger partial charge in [-0.25, -0.2) is 13.8 Å². The first kappa shape index (κ1) is 13.1. The Bertz CT molecular complexity index is 393. The van der Waals surface area contributed by atoms with Crippen LogP contribution in [-0.2, 0) is 0 Å². The summed E-state index contributed by atoms with van der Waals surface area (Å²) in [6.07, 6.45) is -7.85. The van der Waals surface area contributed by atoms with Crippen LogP contribution in [0.1, 0.15) is 17.7 Å². The normalized spacial score (nSPS) is 12.0. The van der Waals surface area contributed by atoms with Gasteiger partial charge in [0.1, 0.15) is 4.60 Å². The van der Waals surface area contributed by atoms with Gasteiger partial charge < -0.3 is 4.74 Å². The predicted octanol–water partition coefficient (Wildman–Crippen LogP) is 3.99. The van der Waals surface area contributed by atoms with Crippen molar-refractivity contribution >= 4 is 15.9 Å². The second kappa shape index (κ2) is 4.52. The van der Waals surface area contributed by atoms with Crippen molar-refractivity contribution in [2.75, 3.05) is 0 Å². The number of ether oxygens (including phenoxy) is 1. The molecule has 0 aliphatic rings. The number of aryl methyl sites for hydroxylation is 1. The van der Waals surface area contributed by atoms with Crippen LogP contribution in [0.2, 0.25) is 0 Å². The summed E-state index contributed by atoms with van der Waals surface area (Å²) in [5.41, 5.74) is -0.654. The minimum absolute atomic E-state index is 0.0589. The van der Waals surface area contributed by atoms with E-state index in [4.69, 9.17) is 0 Å². The van der Waals surface area contributed by atoms with Crippen molar-refractivity contribution in [3.05, 3.63) is 21.9 Å². The Kier molecular flexibility index (Phi) is 3.72. The number of nitrogens with zero attached hydrogens (tertiary/aromatic N) is 1. The third kappa shape index (κ3) is 3.29.